The fraction of sp³-hybridized carbons (Fsp3) is 0.263. The van der Waals surface area contributed by atoms with Gasteiger partial charge in [0.05, 0.1) is 5.97 Å². The molecule has 0 radical (unpaired) electrons. The Morgan fingerprint density at radius 3 is 2.38 bits per heavy atom. The number of piperazine rings is 1. The molecule has 0 N–H and O–H groups in total. The summed E-state index contributed by atoms with van der Waals surface area (Å²) in [5.41, 5.74) is 1.40. The molecular formula is C19H17N2O5-. The van der Waals surface area contributed by atoms with E-state index in [-0.39, 0.29) is 18.3 Å². The standard InChI is InChI=1S/C19H18N2O5/c22-18(13-2-1-3-14(10-13)19(23)24)21-8-6-20(7-9-21)15-4-5-16-17(11-15)26-12-25-16/h1-5,10-11H,6-9,12H2,(H,23,24)/p-1. The summed E-state index contributed by atoms with van der Waals surface area (Å²) in [6, 6.07) is 11.8. The van der Waals surface area contributed by atoms with E-state index in [1.54, 1.807) is 17.0 Å². The van der Waals surface area contributed by atoms with Crippen LogP contribution in [0.3, 0.4) is 0 Å². The number of anilines is 1. The molecular weight excluding hydrogens is 336 g/mol. The highest BCUT2D eigenvalue weighted by Crippen LogP contribution is 2.35. The molecule has 0 bridgehead atoms. The maximum absolute atomic E-state index is 12.6. The Morgan fingerprint density at radius 1 is 0.885 bits per heavy atom. The molecule has 1 amide bonds. The van der Waals surface area contributed by atoms with Gasteiger partial charge in [0.15, 0.2) is 11.5 Å². The second-order valence-corrected chi connectivity index (χ2v) is 6.19. The molecule has 7 nitrogen and oxygen atoms in total. The number of fused-ring (bicyclic) bond motifs is 1. The Labute approximate surface area is 150 Å². The van der Waals surface area contributed by atoms with E-state index in [1.165, 1.54) is 12.1 Å². The Balaban J connectivity index is 1.42. The average Bonchev–Trinajstić information content (AvgIpc) is 3.15. The summed E-state index contributed by atoms with van der Waals surface area (Å²) in [7, 11) is 0. The smallest absolute Gasteiger partial charge is 0.253 e. The minimum absolute atomic E-state index is 0.00912. The third-order valence-corrected chi connectivity index (χ3v) is 4.63. The zero-order valence-electron chi connectivity index (χ0n) is 14.0. The molecule has 2 aromatic rings. The molecule has 1 fully saturated rings. The molecule has 0 unspecified atom stereocenters. The molecule has 2 aliphatic heterocycles. The first kappa shape index (κ1) is 16.3. The van der Waals surface area contributed by atoms with Crippen molar-refractivity contribution in [3.8, 4) is 11.5 Å². The summed E-state index contributed by atoms with van der Waals surface area (Å²) in [4.78, 5) is 27.5. The summed E-state index contributed by atoms with van der Waals surface area (Å²) in [5, 5.41) is 11.0. The van der Waals surface area contributed by atoms with Gasteiger partial charge in [-0.05, 0) is 29.8 Å². The van der Waals surface area contributed by atoms with Gasteiger partial charge in [-0.1, -0.05) is 12.1 Å². The maximum atomic E-state index is 12.6. The lowest BCUT2D eigenvalue weighted by molar-refractivity contribution is -0.255. The quantitative estimate of drug-likeness (QED) is 0.810. The number of carbonyl (C=O) groups excluding carboxylic acids is 2. The predicted molar refractivity (Wildman–Crippen MR) is 91.5 cm³/mol. The lowest BCUT2D eigenvalue weighted by atomic mass is 10.1. The van der Waals surface area contributed by atoms with Crippen LogP contribution in [0.4, 0.5) is 5.69 Å². The van der Waals surface area contributed by atoms with Crippen LogP contribution in [0.15, 0.2) is 42.5 Å². The van der Waals surface area contributed by atoms with Crippen molar-refractivity contribution in [1.82, 2.24) is 4.90 Å². The van der Waals surface area contributed by atoms with Gasteiger partial charge in [0, 0.05) is 43.5 Å². The van der Waals surface area contributed by atoms with Gasteiger partial charge in [-0.2, -0.15) is 0 Å². The molecule has 0 spiro atoms. The van der Waals surface area contributed by atoms with Gasteiger partial charge in [0.2, 0.25) is 6.79 Å². The predicted octanol–water partition coefficient (Wildman–Crippen LogP) is 0.741. The van der Waals surface area contributed by atoms with Gasteiger partial charge in [0.25, 0.3) is 5.91 Å². The summed E-state index contributed by atoms with van der Waals surface area (Å²) < 4.78 is 10.7. The van der Waals surface area contributed by atoms with Crippen molar-refractivity contribution < 1.29 is 24.2 Å². The first-order valence-corrected chi connectivity index (χ1v) is 8.37. The van der Waals surface area contributed by atoms with E-state index in [9.17, 15) is 14.7 Å². The van der Waals surface area contributed by atoms with E-state index < -0.39 is 5.97 Å². The van der Waals surface area contributed by atoms with E-state index in [0.717, 1.165) is 17.2 Å². The second-order valence-electron chi connectivity index (χ2n) is 6.19. The number of hydrogen-bond donors (Lipinski definition) is 0. The first-order valence-electron chi connectivity index (χ1n) is 8.37. The van der Waals surface area contributed by atoms with E-state index in [1.807, 2.05) is 18.2 Å². The van der Waals surface area contributed by atoms with Crippen molar-refractivity contribution in [3.05, 3.63) is 53.6 Å². The van der Waals surface area contributed by atoms with Crippen LogP contribution >= 0.6 is 0 Å². The summed E-state index contributed by atoms with van der Waals surface area (Å²) >= 11 is 0. The van der Waals surface area contributed by atoms with Crippen molar-refractivity contribution in [2.24, 2.45) is 0 Å². The third-order valence-electron chi connectivity index (χ3n) is 4.63. The lowest BCUT2D eigenvalue weighted by Gasteiger charge is -2.36. The molecule has 2 heterocycles. The highest BCUT2D eigenvalue weighted by Gasteiger charge is 2.24. The average molecular weight is 353 g/mol. The zero-order valence-corrected chi connectivity index (χ0v) is 14.0. The van der Waals surface area contributed by atoms with Crippen LogP contribution < -0.4 is 19.5 Å². The molecule has 0 aliphatic carbocycles. The monoisotopic (exact) mass is 353 g/mol. The van der Waals surface area contributed by atoms with Crippen LogP contribution in [-0.4, -0.2) is 49.7 Å². The van der Waals surface area contributed by atoms with Gasteiger partial charge in [-0.25, -0.2) is 0 Å². The van der Waals surface area contributed by atoms with Crippen molar-refractivity contribution in [3.63, 3.8) is 0 Å². The number of ether oxygens (including phenoxy) is 2. The molecule has 2 aliphatic rings. The molecule has 0 aromatic heterocycles. The van der Waals surface area contributed by atoms with Gasteiger partial charge < -0.3 is 29.2 Å². The van der Waals surface area contributed by atoms with Crippen molar-refractivity contribution >= 4 is 17.6 Å². The number of nitrogens with zero attached hydrogens (tertiary/aromatic N) is 2. The molecule has 4 rings (SSSR count). The number of amides is 1. The number of carboxylic acid groups (broad SMARTS) is 1. The Morgan fingerprint density at radius 2 is 1.62 bits per heavy atom. The fourth-order valence-corrected chi connectivity index (χ4v) is 3.21. The molecule has 0 atom stereocenters. The van der Waals surface area contributed by atoms with Crippen LogP contribution in [-0.2, 0) is 0 Å². The van der Waals surface area contributed by atoms with Crippen molar-refractivity contribution in [2.45, 2.75) is 0 Å². The maximum Gasteiger partial charge on any atom is 0.253 e. The van der Waals surface area contributed by atoms with Gasteiger partial charge in [-0.3, -0.25) is 4.79 Å². The second kappa shape index (κ2) is 6.59. The normalized spacial score (nSPS) is 15.8. The van der Waals surface area contributed by atoms with Crippen LogP contribution in [0.25, 0.3) is 0 Å². The van der Waals surface area contributed by atoms with E-state index in [0.29, 0.717) is 31.7 Å². The number of rotatable bonds is 3. The number of benzene rings is 2. The Hall–Kier alpha value is -3.22. The lowest BCUT2D eigenvalue weighted by Crippen LogP contribution is -2.48. The van der Waals surface area contributed by atoms with Crippen molar-refractivity contribution in [1.29, 1.82) is 0 Å². The minimum atomic E-state index is -1.28. The number of carboxylic acids is 1. The van der Waals surface area contributed by atoms with Crippen LogP contribution in [0, 0.1) is 0 Å². The van der Waals surface area contributed by atoms with Crippen molar-refractivity contribution in [2.75, 3.05) is 37.9 Å². The van der Waals surface area contributed by atoms with Crippen LogP contribution in [0.1, 0.15) is 20.7 Å². The fourth-order valence-electron chi connectivity index (χ4n) is 3.21. The minimum Gasteiger partial charge on any atom is -0.545 e. The summed E-state index contributed by atoms with van der Waals surface area (Å²) in [6.07, 6.45) is 0. The third kappa shape index (κ3) is 3.03. The Bertz CT molecular complexity index is 859. The number of hydrogen-bond acceptors (Lipinski definition) is 6. The highest BCUT2D eigenvalue weighted by atomic mass is 16.7. The van der Waals surface area contributed by atoms with Crippen LogP contribution in [0.5, 0.6) is 11.5 Å². The highest BCUT2D eigenvalue weighted by molar-refractivity contribution is 5.97. The summed E-state index contributed by atoms with van der Waals surface area (Å²) in [6.45, 7) is 2.73. The molecule has 0 saturated carbocycles. The molecule has 134 valence electrons. The Kier molecular flexibility index (Phi) is 4.12. The van der Waals surface area contributed by atoms with E-state index in [2.05, 4.69) is 4.90 Å². The first-order chi connectivity index (χ1) is 12.6. The largest absolute Gasteiger partial charge is 0.545 e. The number of aromatic carboxylic acids is 1. The SMILES string of the molecule is O=C([O-])c1cccc(C(=O)N2CCN(c3ccc4c(c3)OCO4)CC2)c1. The molecule has 26 heavy (non-hydrogen) atoms. The molecule has 7 heteroatoms. The topological polar surface area (TPSA) is 82.1 Å². The molecule has 1 saturated heterocycles. The summed E-state index contributed by atoms with van der Waals surface area (Å²) in [5.74, 6) is 0.0289. The van der Waals surface area contributed by atoms with Gasteiger partial charge >= 0.3 is 0 Å². The zero-order chi connectivity index (χ0) is 18.1. The van der Waals surface area contributed by atoms with Gasteiger partial charge in [0.1, 0.15) is 0 Å². The van der Waals surface area contributed by atoms with E-state index >= 15 is 0 Å². The van der Waals surface area contributed by atoms with Gasteiger partial charge in [-0.15, -0.1) is 0 Å². The van der Waals surface area contributed by atoms with E-state index in [4.69, 9.17) is 9.47 Å². The molecule has 2 aromatic carbocycles. The van der Waals surface area contributed by atoms with Crippen LogP contribution in [0.2, 0.25) is 0 Å². The number of carbonyl (C=O) groups is 2.